The number of amides is 1. The molecule has 1 unspecified atom stereocenters. The first-order chi connectivity index (χ1) is 25.6. The van der Waals surface area contributed by atoms with Crippen molar-refractivity contribution in [3.05, 3.63) is 81.2 Å². The number of halogens is 4. The monoisotopic (exact) mass is 760 g/mol. The molecule has 10 rings (SSSR count). The van der Waals surface area contributed by atoms with Crippen LogP contribution < -0.4 is 10.1 Å². The fourth-order valence-electron chi connectivity index (χ4n) is 7.64. The number of nitrogens with zero attached hydrogens (tertiary/aromatic N) is 4. The molecule has 0 spiro atoms. The molecule has 3 N–H and O–H groups in total. The van der Waals surface area contributed by atoms with E-state index < -0.39 is 11.6 Å². The van der Waals surface area contributed by atoms with Crippen LogP contribution in [0.2, 0.25) is 10.0 Å². The molecule has 1 atom stereocenters. The van der Waals surface area contributed by atoms with Gasteiger partial charge in [0.2, 0.25) is 5.91 Å². The number of nitriles is 1. The van der Waals surface area contributed by atoms with Gasteiger partial charge in [-0.15, -0.1) is 0 Å². The van der Waals surface area contributed by atoms with Gasteiger partial charge >= 0.3 is 0 Å². The highest BCUT2D eigenvalue weighted by atomic mass is 35.5. The van der Waals surface area contributed by atoms with Gasteiger partial charge in [0.1, 0.15) is 11.3 Å². The first kappa shape index (κ1) is 36.8. The Kier molecular flexibility index (Phi) is 10.7. The van der Waals surface area contributed by atoms with E-state index >= 15 is 4.39 Å². The summed E-state index contributed by atoms with van der Waals surface area (Å²) in [6.07, 6.45) is 8.32. The first-order valence-corrected chi connectivity index (χ1v) is 18.7. The summed E-state index contributed by atoms with van der Waals surface area (Å²) in [6, 6.07) is 13.1. The molecule has 3 aromatic heterocycles. The Labute approximate surface area is 316 Å². The summed E-state index contributed by atoms with van der Waals surface area (Å²) in [7, 11) is 1.35. The van der Waals surface area contributed by atoms with Crippen molar-refractivity contribution in [1.29, 1.82) is 5.26 Å². The molecular formula is C40H40Cl2F2N6O3. The van der Waals surface area contributed by atoms with Gasteiger partial charge in [0.05, 0.1) is 41.0 Å². The average molecular weight is 762 g/mol. The smallest absolute Gasteiger partial charge is 0.256 e. The fourth-order valence-corrected chi connectivity index (χ4v) is 8.04. The van der Waals surface area contributed by atoms with Gasteiger partial charge < -0.3 is 25.0 Å². The minimum atomic E-state index is -0.585. The van der Waals surface area contributed by atoms with Gasteiger partial charge in [-0.2, -0.15) is 5.26 Å². The summed E-state index contributed by atoms with van der Waals surface area (Å²) in [5.41, 5.74) is 4.17. The lowest BCUT2D eigenvalue weighted by molar-refractivity contribution is -0.133. The molecule has 2 bridgehead atoms. The van der Waals surface area contributed by atoms with Crippen molar-refractivity contribution in [3.63, 3.8) is 0 Å². The molecule has 276 valence electrons. The van der Waals surface area contributed by atoms with Crippen LogP contribution in [-0.4, -0.2) is 57.1 Å². The number of aromatic nitrogens is 3. The number of aromatic hydroxyl groups is 1. The van der Waals surface area contributed by atoms with Crippen LogP contribution in [-0.2, 0) is 11.2 Å². The number of methoxy groups -OCH3 is 1. The minimum absolute atomic E-state index is 0.0117. The van der Waals surface area contributed by atoms with Crippen molar-refractivity contribution in [2.24, 2.45) is 11.8 Å². The number of nitrogens with one attached hydrogen (secondary N) is 2. The van der Waals surface area contributed by atoms with Gasteiger partial charge in [0.15, 0.2) is 11.6 Å². The Hall–Kier alpha value is -4.50. The molecule has 6 heterocycles. The molecule has 5 aromatic rings. The largest absolute Gasteiger partial charge is 0.503 e. The molecule has 3 saturated heterocycles. The normalized spacial score (nSPS) is 19.9. The number of carbonyl (C=O) groups excluding carboxylic acids is 1. The van der Waals surface area contributed by atoms with Crippen molar-refractivity contribution < 1.29 is 23.4 Å². The van der Waals surface area contributed by atoms with Gasteiger partial charge in [-0.1, -0.05) is 35.3 Å². The van der Waals surface area contributed by atoms with Crippen LogP contribution in [0.3, 0.4) is 0 Å². The number of likely N-dealkylation sites (tertiary alicyclic amines) is 1. The summed E-state index contributed by atoms with van der Waals surface area (Å²) in [6.45, 7) is 3.95. The summed E-state index contributed by atoms with van der Waals surface area (Å²) in [5, 5.41) is 23.7. The molecule has 5 fully saturated rings. The number of H-pyrrole nitrogens is 1. The SMILES string of the molecule is C1NC2CC1C2.COc1ncc(F)cc1O.Cc1nc2c(F)c(-c3cccc(Cl)c3Cl)c(CCC#N)cc2c2[nH]c(C3CCCN3C(=O)C3CC3)cc12. The third-order valence-electron chi connectivity index (χ3n) is 10.6. The molecule has 2 aliphatic carbocycles. The Bertz CT molecular complexity index is 2220. The van der Waals surface area contributed by atoms with Gasteiger partial charge in [-0.05, 0) is 88.1 Å². The molecule has 13 heteroatoms. The van der Waals surface area contributed by atoms with Crippen LogP contribution in [0.4, 0.5) is 8.78 Å². The molecule has 9 nitrogen and oxygen atoms in total. The number of fused-ring (bicyclic) bond motifs is 4. The minimum Gasteiger partial charge on any atom is -0.503 e. The van der Waals surface area contributed by atoms with Crippen molar-refractivity contribution in [1.82, 2.24) is 25.2 Å². The lowest BCUT2D eigenvalue weighted by Crippen LogP contribution is -2.31. The number of hydrogen-bond acceptors (Lipinski definition) is 7. The van der Waals surface area contributed by atoms with Crippen molar-refractivity contribution in [2.45, 2.75) is 70.4 Å². The van der Waals surface area contributed by atoms with Gasteiger partial charge in [-0.25, -0.2) is 18.7 Å². The molecule has 0 radical (unpaired) electrons. The van der Waals surface area contributed by atoms with E-state index in [1.165, 1.54) is 26.5 Å². The fraction of sp³-hybridized carbons (Fsp3) is 0.400. The standard InChI is InChI=1S/C29H25Cl2FN4O.C6H6FNO2.C5H9N/c1-15-19-14-22(23-8-4-12-36(23)29(37)16-9-10-16)35-27(19)20-13-17(5-3-11-33)24(26(32)28(20)34-15)18-6-2-7-21(30)25(18)31;1-10-6-5(9)2-4(7)3-8-6;1-4-2-5(1)6-3-4/h2,6-7,13-14,16,23,35H,3-5,8-10,12H2,1H3;2-3,9H,1H3;4-6H,1-3H2. The summed E-state index contributed by atoms with van der Waals surface area (Å²) in [5.74, 6) is 0.163. The lowest BCUT2D eigenvalue weighted by Gasteiger charge is -2.24. The number of benzene rings is 2. The number of rotatable bonds is 6. The van der Waals surface area contributed by atoms with E-state index in [2.05, 4.69) is 37.1 Å². The van der Waals surface area contributed by atoms with Crippen LogP contribution in [0.25, 0.3) is 32.9 Å². The summed E-state index contributed by atoms with van der Waals surface area (Å²) < 4.78 is 33.1. The zero-order valence-corrected chi connectivity index (χ0v) is 31.0. The van der Waals surface area contributed by atoms with E-state index in [9.17, 15) is 14.4 Å². The molecule has 1 amide bonds. The van der Waals surface area contributed by atoms with Crippen molar-refractivity contribution in [3.8, 4) is 28.8 Å². The quantitative estimate of drug-likeness (QED) is 0.158. The predicted octanol–water partition coefficient (Wildman–Crippen LogP) is 8.97. The molecule has 3 aliphatic heterocycles. The van der Waals surface area contributed by atoms with E-state index in [0.29, 0.717) is 39.2 Å². The van der Waals surface area contributed by atoms with Gasteiger partial charge in [0.25, 0.3) is 5.88 Å². The van der Waals surface area contributed by atoms with Crippen LogP contribution in [0.5, 0.6) is 11.6 Å². The topological polar surface area (TPSA) is 127 Å². The predicted molar refractivity (Wildman–Crippen MR) is 201 cm³/mol. The van der Waals surface area contributed by atoms with Crippen LogP contribution in [0, 0.1) is 41.7 Å². The first-order valence-electron chi connectivity index (χ1n) is 18.0. The molecule has 5 aliphatic rings. The van der Waals surface area contributed by atoms with E-state index in [0.717, 1.165) is 73.0 Å². The number of aryl methyl sites for hydroxylation is 2. The second-order valence-electron chi connectivity index (χ2n) is 14.2. The number of pyridine rings is 2. The average Bonchev–Trinajstić information content (AvgIpc) is 3.53. The number of hydrogen-bond donors (Lipinski definition) is 3. The molecule has 2 saturated carbocycles. The van der Waals surface area contributed by atoms with Crippen LogP contribution >= 0.6 is 23.2 Å². The Balaban J connectivity index is 0.000000222. The molecule has 53 heavy (non-hydrogen) atoms. The van der Waals surface area contributed by atoms with E-state index in [1.807, 2.05) is 17.9 Å². The number of ether oxygens (including phenoxy) is 1. The maximum atomic E-state index is 16.3. The summed E-state index contributed by atoms with van der Waals surface area (Å²) in [4.78, 5) is 26.6. The Morgan fingerprint density at radius 3 is 2.58 bits per heavy atom. The Morgan fingerprint density at radius 1 is 1.15 bits per heavy atom. The maximum absolute atomic E-state index is 16.3. The third-order valence-corrected chi connectivity index (χ3v) is 11.4. The van der Waals surface area contributed by atoms with Crippen LogP contribution in [0.15, 0.2) is 42.6 Å². The Morgan fingerprint density at radius 2 is 1.94 bits per heavy atom. The number of aromatic amines is 1. The van der Waals surface area contributed by atoms with E-state index in [1.54, 1.807) is 18.2 Å². The molecular weight excluding hydrogens is 721 g/mol. The highest BCUT2D eigenvalue weighted by Gasteiger charge is 2.39. The second kappa shape index (κ2) is 15.5. The highest BCUT2D eigenvalue weighted by molar-refractivity contribution is 6.43. The van der Waals surface area contributed by atoms with E-state index in [-0.39, 0.29) is 46.5 Å². The summed E-state index contributed by atoms with van der Waals surface area (Å²) >= 11 is 12.8. The highest BCUT2D eigenvalue weighted by Crippen LogP contribution is 2.43. The van der Waals surface area contributed by atoms with Crippen LogP contribution in [0.1, 0.15) is 67.9 Å². The molecule has 2 aromatic carbocycles. The van der Waals surface area contributed by atoms with Gasteiger partial charge in [-0.3, -0.25) is 4.79 Å². The van der Waals surface area contributed by atoms with Crippen molar-refractivity contribution in [2.75, 3.05) is 20.2 Å². The zero-order valence-electron chi connectivity index (χ0n) is 29.5. The van der Waals surface area contributed by atoms with Gasteiger partial charge in [0, 0.05) is 64.3 Å². The van der Waals surface area contributed by atoms with Crippen molar-refractivity contribution >= 4 is 50.9 Å². The second-order valence-corrected chi connectivity index (χ2v) is 15.0. The maximum Gasteiger partial charge on any atom is 0.256 e. The zero-order chi connectivity index (χ0) is 37.4. The number of carbonyl (C=O) groups is 1. The lowest BCUT2D eigenvalue weighted by atomic mass is 9.87. The van der Waals surface area contributed by atoms with E-state index in [4.69, 9.17) is 28.3 Å². The third kappa shape index (κ3) is 7.50.